The molecule has 0 heterocycles. The van der Waals surface area contributed by atoms with Gasteiger partial charge < -0.3 is 4.74 Å². The topological polar surface area (TPSA) is 9.23 Å². The van der Waals surface area contributed by atoms with Crippen LogP contribution in [0.25, 0.3) is 0 Å². The van der Waals surface area contributed by atoms with Gasteiger partial charge in [-0.15, -0.1) is 21.6 Å². The zero-order chi connectivity index (χ0) is 6.69. The molecule has 0 aromatic heterocycles. The molecule has 0 aliphatic heterocycles. The van der Waals surface area contributed by atoms with Gasteiger partial charge in [-0.2, -0.15) is 0 Å². The second kappa shape index (κ2) is 4.54. The Morgan fingerprint density at radius 1 is 1.20 bits per heavy atom. The largest absolute Gasteiger partial charge is 0.497 e. The lowest BCUT2D eigenvalue weighted by Gasteiger charge is -1.96. The Morgan fingerprint density at radius 2 is 1.70 bits per heavy atom. The van der Waals surface area contributed by atoms with Crippen molar-refractivity contribution in [2.45, 2.75) is 0 Å². The number of rotatable bonds is 1. The van der Waals surface area contributed by atoms with Crippen LogP contribution >= 0.6 is 21.6 Å². The molecule has 3 heteroatoms. The normalized spacial score (nSPS) is 8.20. The Balaban J connectivity index is 0.000000810. The average Bonchev–Trinajstić information content (AvgIpc) is 1.90. The van der Waals surface area contributed by atoms with Crippen LogP contribution < -0.4 is 10.0 Å². The van der Waals surface area contributed by atoms with Crippen LogP contribution in [0.1, 0.15) is 0 Å². The summed E-state index contributed by atoms with van der Waals surface area (Å²) in [6.07, 6.45) is 0. The molecule has 0 saturated heterocycles. The van der Waals surface area contributed by atoms with E-state index >= 15 is 0 Å². The van der Waals surface area contributed by atoms with Gasteiger partial charge in [-0.1, -0.05) is 12.1 Å². The van der Waals surface area contributed by atoms with Gasteiger partial charge >= 0.3 is 0 Å². The lowest BCUT2D eigenvalue weighted by atomic mass is 10.3. The first-order chi connectivity index (χ1) is 4.33. The van der Waals surface area contributed by atoms with Crippen molar-refractivity contribution in [2.75, 3.05) is 7.11 Å². The van der Waals surface area contributed by atoms with Crippen molar-refractivity contribution in [3.8, 4) is 5.75 Å². The van der Waals surface area contributed by atoms with E-state index in [0.717, 1.165) is 5.75 Å². The molecule has 0 amide bonds. The third-order valence-electron chi connectivity index (χ3n) is 1.12. The van der Waals surface area contributed by atoms with Crippen LogP contribution in [0.3, 0.4) is 0 Å². The monoisotopic (exact) mass is 176 g/mol. The van der Waals surface area contributed by atoms with Crippen molar-refractivity contribution in [3.05, 3.63) is 24.3 Å². The number of benzene rings is 1. The van der Waals surface area contributed by atoms with Crippen LogP contribution in [0.15, 0.2) is 24.3 Å². The lowest BCUT2D eigenvalue weighted by molar-refractivity contribution is 0.415. The summed E-state index contributed by atoms with van der Waals surface area (Å²) < 4.78 is 4.96. The van der Waals surface area contributed by atoms with E-state index in [9.17, 15) is 0 Å². The molecule has 1 nitrogen and oxygen atoms in total. The van der Waals surface area contributed by atoms with Gasteiger partial charge in [0, 0.05) is 0 Å². The summed E-state index contributed by atoms with van der Waals surface area (Å²) in [7, 11) is 4.28. The molecule has 10 heavy (non-hydrogen) atoms. The Labute approximate surface area is 69.4 Å². The maximum Gasteiger partial charge on any atom is 0.118 e. The molecule has 0 spiro atoms. The lowest BCUT2D eigenvalue weighted by Crippen LogP contribution is -1.88. The maximum atomic E-state index is 4.96. The Kier molecular flexibility index (Phi) is 4.42. The zero-order valence-electron chi connectivity index (χ0n) is 5.70. The van der Waals surface area contributed by atoms with Crippen LogP contribution in [0, 0.1) is 0 Å². The fourth-order valence-corrected chi connectivity index (χ4v) is 0.796. The van der Waals surface area contributed by atoms with Crippen LogP contribution in [0.2, 0.25) is 0 Å². The number of hydrogen-bond acceptors (Lipinski definition) is 1. The van der Waals surface area contributed by atoms with E-state index in [1.807, 2.05) is 24.3 Å². The highest BCUT2D eigenvalue weighted by Gasteiger charge is 1.85. The van der Waals surface area contributed by atoms with Crippen LogP contribution in [0.5, 0.6) is 5.75 Å². The van der Waals surface area contributed by atoms with Crippen molar-refractivity contribution >= 4 is 27.0 Å². The molecule has 1 rings (SSSR count). The van der Waals surface area contributed by atoms with E-state index < -0.39 is 0 Å². The molecule has 0 saturated carbocycles. The Morgan fingerprint density at radius 3 is 2.10 bits per heavy atom. The number of halogens is 1. The molecule has 1 atom stereocenters. The second-order valence-corrected chi connectivity index (χ2v) is 2.44. The molecule has 0 aliphatic rings. The summed E-state index contributed by atoms with van der Waals surface area (Å²) in [4.78, 5) is 0. The van der Waals surface area contributed by atoms with Crippen molar-refractivity contribution < 1.29 is 4.74 Å². The van der Waals surface area contributed by atoms with Gasteiger partial charge in [0.15, 0.2) is 0 Å². The highest BCUT2D eigenvalue weighted by atomic mass is 35.5. The molecule has 0 bridgehead atoms. The standard InChI is InChI=1S/C7H9OP.ClH/c1-8-6-2-4-7(9)5-3-6;/h2-5H,9H2,1H3;1H. The van der Waals surface area contributed by atoms with Gasteiger partial charge in [0.25, 0.3) is 0 Å². The first kappa shape index (κ1) is 9.74. The molecule has 0 radical (unpaired) electrons. The van der Waals surface area contributed by atoms with Crippen LogP contribution in [0.4, 0.5) is 0 Å². The molecular formula is C7H10ClOP. The van der Waals surface area contributed by atoms with Crippen molar-refractivity contribution in [1.29, 1.82) is 0 Å². The molecule has 0 fully saturated rings. The van der Waals surface area contributed by atoms with Crippen molar-refractivity contribution in [3.63, 3.8) is 0 Å². The van der Waals surface area contributed by atoms with E-state index in [1.165, 1.54) is 5.30 Å². The predicted octanol–water partition coefficient (Wildman–Crippen LogP) is 1.62. The molecule has 1 aromatic carbocycles. The van der Waals surface area contributed by atoms with Gasteiger partial charge in [0.2, 0.25) is 0 Å². The number of hydrogen-bond donors (Lipinski definition) is 0. The van der Waals surface area contributed by atoms with Crippen LogP contribution in [-0.2, 0) is 0 Å². The third kappa shape index (κ3) is 2.55. The summed E-state index contributed by atoms with van der Waals surface area (Å²) in [5.74, 6) is 0.904. The molecule has 1 unspecified atom stereocenters. The predicted molar refractivity (Wildman–Crippen MR) is 49.6 cm³/mol. The van der Waals surface area contributed by atoms with E-state index in [-0.39, 0.29) is 12.4 Å². The highest BCUT2D eigenvalue weighted by molar-refractivity contribution is 7.27. The van der Waals surface area contributed by atoms with Crippen molar-refractivity contribution in [2.24, 2.45) is 0 Å². The van der Waals surface area contributed by atoms with Gasteiger partial charge in [-0.25, -0.2) is 0 Å². The van der Waals surface area contributed by atoms with E-state index in [2.05, 4.69) is 9.24 Å². The minimum absolute atomic E-state index is 0. The minimum atomic E-state index is 0. The molecule has 0 aliphatic carbocycles. The molecular weight excluding hydrogens is 167 g/mol. The fourth-order valence-electron chi connectivity index (χ4n) is 0.604. The summed E-state index contributed by atoms with van der Waals surface area (Å²) in [5.41, 5.74) is 0. The van der Waals surface area contributed by atoms with Crippen molar-refractivity contribution in [1.82, 2.24) is 0 Å². The third-order valence-corrected chi connectivity index (χ3v) is 1.50. The van der Waals surface area contributed by atoms with E-state index in [0.29, 0.717) is 0 Å². The van der Waals surface area contributed by atoms with Gasteiger partial charge in [-0.05, 0) is 17.4 Å². The van der Waals surface area contributed by atoms with Gasteiger partial charge in [0.05, 0.1) is 7.11 Å². The molecule has 1 aromatic rings. The average molecular weight is 177 g/mol. The minimum Gasteiger partial charge on any atom is -0.497 e. The smallest absolute Gasteiger partial charge is 0.118 e. The summed E-state index contributed by atoms with van der Waals surface area (Å²) in [5, 5.41) is 1.18. The van der Waals surface area contributed by atoms with Crippen LogP contribution in [-0.4, -0.2) is 7.11 Å². The maximum absolute atomic E-state index is 4.96. The van der Waals surface area contributed by atoms with E-state index in [1.54, 1.807) is 7.11 Å². The number of methoxy groups -OCH3 is 1. The second-order valence-electron chi connectivity index (χ2n) is 1.77. The Bertz CT molecular complexity index is 185. The summed E-state index contributed by atoms with van der Waals surface area (Å²) in [6, 6.07) is 7.84. The van der Waals surface area contributed by atoms with E-state index in [4.69, 9.17) is 4.74 Å². The first-order valence-electron chi connectivity index (χ1n) is 2.72. The fraction of sp³-hybridized carbons (Fsp3) is 0.143. The SMILES string of the molecule is COc1ccc(P)cc1.Cl. The van der Waals surface area contributed by atoms with Gasteiger partial charge in [-0.3, -0.25) is 0 Å². The molecule has 0 N–H and O–H groups in total. The quantitative estimate of drug-likeness (QED) is 0.591. The summed E-state index contributed by atoms with van der Waals surface area (Å²) in [6.45, 7) is 0. The summed E-state index contributed by atoms with van der Waals surface area (Å²) >= 11 is 0. The molecule has 56 valence electrons. The zero-order valence-corrected chi connectivity index (χ0v) is 7.67. The first-order valence-corrected chi connectivity index (χ1v) is 3.30. The highest BCUT2D eigenvalue weighted by Crippen LogP contribution is 2.06. The van der Waals surface area contributed by atoms with Gasteiger partial charge in [0.1, 0.15) is 5.75 Å². The Hall–Kier alpha value is -0.260. The number of ether oxygens (including phenoxy) is 1.